The molecule has 0 aliphatic rings. The van der Waals surface area contributed by atoms with E-state index in [0.29, 0.717) is 6.41 Å². The van der Waals surface area contributed by atoms with Crippen molar-refractivity contribution in [2.75, 3.05) is 7.11 Å². The minimum absolute atomic E-state index is 0.0232. The van der Waals surface area contributed by atoms with Crippen LogP contribution in [0.15, 0.2) is 18.2 Å². The van der Waals surface area contributed by atoms with E-state index in [-0.39, 0.29) is 17.4 Å². The van der Waals surface area contributed by atoms with E-state index in [2.05, 4.69) is 0 Å². The van der Waals surface area contributed by atoms with Crippen LogP contribution in [-0.2, 0) is 9.59 Å². The van der Waals surface area contributed by atoms with Gasteiger partial charge in [0.25, 0.3) is 0 Å². The van der Waals surface area contributed by atoms with E-state index in [4.69, 9.17) is 4.74 Å². The Labute approximate surface area is 110 Å². The van der Waals surface area contributed by atoms with Gasteiger partial charge >= 0.3 is 5.97 Å². The Morgan fingerprint density at radius 2 is 2.11 bits per heavy atom. The fraction of sp³-hybridized carbons (Fsp3) is 0.385. The van der Waals surface area contributed by atoms with Crippen LogP contribution in [0.1, 0.15) is 25.5 Å². The second kappa shape index (κ2) is 6.17. The number of methoxy groups -OCH3 is 1. The lowest BCUT2D eigenvalue weighted by Gasteiger charge is -2.29. The predicted octanol–water partition coefficient (Wildman–Crippen LogP) is 1.83. The molecule has 1 amide bonds. The average molecular weight is 269 g/mol. The van der Waals surface area contributed by atoms with Gasteiger partial charge in [0.05, 0.1) is 7.11 Å². The summed E-state index contributed by atoms with van der Waals surface area (Å²) in [7, 11) is 1.32. The van der Waals surface area contributed by atoms with Gasteiger partial charge in [0.15, 0.2) is 17.6 Å². The molecule has 0 radical (unpaired) electrons. The molecule has 1 aromatic rings. The number of amides is 1. The molecule has 1 N–H and O–H groups in total. The lowest BCUT2D eigenvalue weighted by molar-refractivity contribution is -0.148. The quantitative estimate of drug-likeness (QED) is 0.800. The molecule has 6 heteroatoms. The van der Waals surface area contributed by atoms with Gasteiger partial charge < -0.3 is 14.7 Å². The summed E-state index contributed by atoms with van der Waals surface area (Å²) in [6, 6.07) is 2.29. The standard InChI is InChI=1S/C13H16FNO4/c1-8(2)15(7-16)12(13(17)18)9-4-5-11(19-3)10(14)6-9/h4-8,12H,1-3H3,(H,17,18). The summed E-state index contributed by atoms with van der Waals surface area (Å²) < 4.78 is 18.4. The molecule has 0 aliphatic heterocycles. The van der Waals surface area contributed by atoms with Gasteiger partial charge in [-0.05, 0) is 31.5 Å². The smallest absolute Gasteiger partial charge is 0.331 e. The van der Waals surface area contributed by atoms with Gasteiger partial charge in [-0.1, -0.05) is 6.07 Å². The van der Waals surface area contributed by atoms with Crippen LogP contribution < -0.4 is 4.74 Å². The fourth-order valence-electron chi connectivity index (χ4n) is 1.78. The molecule has 1 rings (SSSR count). The predicted molar refractivity (Wildman–Crippen MR) is 66.4 cm³/mol. The molecule has 1 unspecified atom stereocenters. The van der Waals surface area contributed by atoms with Gasteiger partial charge in [0.2, 0.25) is 6.41 Å². The summed E-state index contributed by atoms with van der Waals surface area (Å²) in [5.74, 6) is -1.86. The Morgan fingerprint density at radius 3 is 2.47 bits per heavy atom. The van der Waals surface area contributed by atoms with Crippen molar-refractivity contribution < 1.29 is 23.8 Å². The topological polar surface area (TPSA) is 66.8 Å². The second-order valence-corrected chi connectivity index (χ2v) is 4.28. The van der Waals surface area contributed by atoms with Crippen LogP contribution in [0.5, 0.6) is 5.75 Å². The summed E-state index contributed by atoms with van der Waals surface area (Å²) in [6.45, 7) is 3.37. The second-order valence-electron chi connectivity index (χ2n) is 4.28. The number of carboxylic acids is 1. The maximum absolute atomic E-state index is 13.6. The number of halogens is 1. The summed E-state index contributed by atoms with van der Waals surface area (Å²) in [5, 5.41) is 9.24. The normalized spacial score (nSPS) is 12.1. The van der Waals surface area contributed by atoms with Crippen LogP contribution in [-0.4, -0.2) is 35.5 Å². The van der Waals surface area contributed by atoms with Gasteiger partial charge in [-0.2, -0.15) is 0 Å². The van der Waals surface area contributed by atoms with Crippen LogP contribution in [0, 0.1) is 5.82 Å². The van der Waals surface area contributed by atoms with Gasteiger partial charge in [0.1, 0.15) is 0 Å². The first-order valence-corrected chi connectivity index (χ1v) is 5.71. The molecule has 0 aromatic heterocycles. The summed E-state index contributed by atoms with van der Waals surface area (Å²) in [4.78, 5) is 23.4. The molecule has 0 heterocycles. The average Bonchev–Trinajstić information content (AvgIpc) is 2.34. The number of hydrogen-bond acceptors (Lipinski definition) is 3. The van der Waals surface area contributed by atoms with Crippen molar-refractivity contribution in [3.05, 3.63) is 29.6 Å². The Balaban J connectivity index is 3.23. The molecule has 0 fully saturated rings. The Hall–Kier alpha value is -2.11. The number of rotatable bonds is 6. The van der Waals surface area contributed by atoms with Gasteiger partial charge in [-0.3, -0.25) is 4.79 Å². The first kappa shape index (κ1) is 14.9. The molecular formula is C13H16FNO4. The zero-order valence-electron chi connectivity index (χ0n) is 11.0. The molecule has 19 heavy (non-hydrogen) atoms. The number of nitrogens with zero attached hydrogens (tertiary/aromatic N) is 1. The van der Waals surface area contributed by atoms with E-state index in [0.717, 1.165) is 11.0 Å². The van der Waals surface area contributed by atoms with E-state index in [1.807, 2.05) is 0 Å². The van der Waals surface area contributed by atoms with Crippen molar-refractivity contribution in [3.63, 3.8) is 0 Å². The van der Waals surface area contributed by atoms with Crippen LogP contribution in [0.3, 0.4) is 0 Å². The number of aliphatic carboxylic acids is 1. The number of carbonyl (C=O) groups is 2. The van der Waals surface area contributed by atoms with Gasteiger partial charge in [-0.15, -0.1) is 0 Å². The number of ether oxygens (including phenoxy) is 1. The summed E-state index contributed by atoms with van der Waals surface area (Å²) >= 11 is 0. The van der Waals surface area contributed by atoms with Crippen LogP contribution >= 0.6 is 0 Å². The highest BCUT2D eigenvalue weighted by atomic mass is 19.1. The Kier molecular flexibility index (Phi) is 4.86. The number of hydrogen-bond donors (Lipinski definition) is 1. The number of carbonyl (C=O) groups excluding carboxylic acids is 1. The first-order chi connectivity index (χ1) is 8.92. The first-order valence-electron chi connectivity index (χ1n) is 5.71. The van der Waals surface area contributed by atoms with Crippen LogP contribution in [0.4, 0.5) is 4.39 Å². The maximum atomic E-state index is 13.6. The van der Waals surface area contributed by atoms with E-state index in [1.165, 1.54) is 19.2 Å². The van der Waals surface area contributed by atoms with Crippen molar-refractivity contribution in [2.45, 2.75) is 25.9 Å². The molecule has 104 valence electrons. The van der Waals surface area contributed by atoms with E-state index in [9.17, 15) is 19.1 Å². The zero-order chi connectivity index (χ0) is 14.6. The maximum Gasteiger partial charge on any atom is 0.331 e. The molecule has 0 spiro atoms. The van der Waals surface area contributed by atoms with Crippen molar-refractivity contribution in [3.8, 4) is 5.75 Å². The fourth-order valence-corrected chi connectivity index (χ4v) is 1.78. The third-order valence-corrected chi connectivity index (χ3v) is 2.74. The number of carboxylic acid groups (broad SMARTS) is 1. The van der Waals surface area contributed by atoms with E-state index >= 15 is 0 Å². The molecule has 1 atom stereocenters. The monoisotopic (exact) mass is 269 g/mol. The van der Waals surface area contributed by atoms with Crippen molar-refractivity contribution in [1.82, 2.24) is 4.90 Å². The third kappa shape index (κ3) is 3.21. The molecule has 0 bridgehead atoms. The highest BCUT2D eigenvalue weighted by molar-refractivity contribution is 5.78. The zero-order valence-corrected chi connectivity index (χ0v) is 11.0. The highest BCUT2D eigenvalue weighted by Gasteiger charge is 2.29. The molecular weight excluding hydrogens is 253 g/mol. The van der Waals surface area contributed by atoms with Crippen molar-refractivity contribution >= 4 is 12.4 Å². The van der Waals surface area contributed by atoms with Crippen molar-refractivity contribution in [1.29, 1.82) is 0 Å². The van der Waals surface area contributed by atoms with Gasteiger partial charge in [0, 0.05) is 6.04 Å². The van der Waals surface area contributed by atoms with E-state index in [1.54, 1.807) is 13.8 Å². The van der Waals surface area contributed by atoms with Crippen LogP contribution in [0.25, 0.3) is 0 Å². The minimum atomic E-state index is -1.22. The molecule has 0 saturated heterocycles. The van der Waals surface area contributed by atoms with Gasteiger partial charge in [-0.25, -0.2) is 9.18 Å². The van der Waals surface area contributed by atoms with Crippen LogP contribution in [0.2, 0.25) is 0 Å². The third-order valence-electron chi connectivity index (χ3n) is 2.74. The molecule has 0 saturated carbocycles. The Bertz CT molecular complexity index is 476. The van der Waals surface area contributed by atoms with E-state index < -0.39 is 17.8 Å². The van der Waals surface area contributed by atoms with Crippen molar-refractivity contribution in [2.24, 2.45) is 0 Å². The Morgan fingerprint density at radius 1 is 1.47 bits per heavy atom. The lowest BCUT2D eigenvalue weighted by atomic mass is 10.0. The summed E-state index contributed by atoms with van der Waals surface area (Å²) in [5.41, 5.74) is 0.187. The largest absolute Gasteiger partial charge is 0.494 e. The minimum Gasteiger partial charge on any atom is -0.494 e. The summed E-state index contributed by atoms with van der Waals surface area (Å²) in [6.07, 6.45) is 0.450. The highest BCUT2D eigenvalue weighted by Crippen LogP contribution is 2.26. The molecule has 0 aliphatic carbocycles. The molecule has 5 nitrogen and oxygen atoms in total. The molecule has 1 aromatic carbocycles. The SMILES string of the molecule is COc1ccc(C(C(=O)O)N(C=O)C(C)C)cc1F. The lowest BCUT2D eigenvalue weighted by Crippen LogP contribution is -2.38. The number of benzene rings is 1.